The van der Waals surface area contributed by atoms with Crippen LogP contribution >= 0.6 is 0 Å². The first-order valence-corrected chi connectivity index (χ1v) is 11.7. The minimum Gasteiger partial charge on any atom is -0.491 e. The van der Waals surface area contributed by atoms with E-state index in [1.807, 2.05) is 91.5 Å². The van der Waals surface area contributed by atoms with Crippen molar-refractivity contribution >= 4 is 22.6 Å². The van der Waals surface area contributed by atoms with Gasteiger partial charge in [-0.2, -0.15) is 0 Å². The number of carbonyl (C=O) groups excluding carboxylic acids is 1. The highest BCUT2D eigenvalue weighted by Crippen LogP contribution is 2.33. The van der Waals surface area contributed by atoms with Crippen LogP contribution in [0, 0.1) is 13.8 Å². The molecule has 5 rings (SSSR count). The number of aliphatic hydroxyl groups excluding tert-OH is 1. The number of aliphatic hydroxyl groups is 1. The lowest BCUT2D eigenvalue weighted by atomic mass is 10.1. The van der Waals surface area contributed by atoms with Crippen molar-refractivity contribution in [3.8, 4) is 5.75 Å². The van der Waals surface area contributed by atoms with Crippen LogP contribution in [0.5, 0.6) is 5.75 Å². The van der Waals surface area contributed by atoms with Crippen molar-refractivity contribution in [2.24, 2.45) is 0 Å². The molecule has 1 aliphatic rings. The number of aromatic nitrogens is 2. The maximum atomic E-state index is 12.9. The molecule has 174 valence electrons. The smallest absolute Gasteiger partial charge is 0.227 e. The predicted molar refractivity (Wildman–Crippen MR) is 133 cm³/mol. The van der Waals surface area contributed by atoms with E-state index < -0.39 is 6.10 Å². The van der Waals surface area contributed by atoms with E-state index in [1.54, 1.807) is 0 Å². The Morgan fingerprint density at radius 2 is 1.68 bits per heavy atom. The molecule has 1 amide bonds. The second kappa shape index (κ2) is 9.31. The van der Waals surface area contributed by atoms with Gasteiger partial charge in [-0.25, -0.2) is 4.98 Å². The van der Waals surface area contributed by atoms with Crippen LogP contribution in [-0.4, -0.2) is 39.8 Å². The fourth-order valence-corrected chi connectivity index (χ4v) is 4.54. The summed E-state index contributed by atoms with van der Waals surface area (Å²) in [5, 5.41) is 10.8. The molecule has 2 atom stereocenters. The van der Waals surface area contributed by atoms with Crippen LogP contribution in [0.2, 0.25) is 0 Å². The largest absolute Gasteiger partial charge is 0.491 e. The highest BCUT2D eigenvalue weighted by molar-refractivity contribution is 5.96. The number of nitrogens with zero attached hydrogens (tertiary/aromatic N) is 3. The number of hydrogen-bond acceptors (Lipinski definition) is 4. The molecule has 1 saturated heterocycles. The van der Waals surface area contributed by atoms with E-state index in [1.165, 1.54) is 0 Å². The topological polar surface area (TPSA) is 67.6 Å². The standard InChI is InChI=1S/C28H29N3O3/c1-19-7-11-22(12-8-19)30-16-21(15-27(30)33)28-29-25-5-3-4-6-26(25)31(28)17-23(32)18-34-24-13-9-20(2)10-14-24/h3-14,21,23,32H,15-18H2,1-2H3/t21-,23+/m1/s1. The molecule has 34 heavy (non-hydrogen) atoms. The summed E-state index contributed by atoms with van der Waals surface area (Å²) in [5.41, 5.74) is 5.05. The van der Waals surface area contributed by atoms with Crippen molar-refractivity contribution in [2.75, 3.05) is 18.1 Å². The van der Waals surface area contributed by atoms with Crippen molar-refractivity contribution < 1.29 is 14.6 Å². The normalized spacial score (nSPS) is 16.9. The van der Waals surface area contributed by atoms with Gasteiger partial charge in [0.2, 0.25) is 5.91 Å². The van der Waals surface area contributed by atoms with E-state index in [0.29, 0.717) is 19.5 Å². The van der Waals surface area contributed by atoms with Crippen LogP contribution in [0.4, 0.5) is 5.69 Å². The Labute approximate surface area is 199 Å². The zero-order valence-corrected chi connectivity index (χ0v) is 19.5. The number of para-hydroxylation sites is 2. The number of aryl methyl sites for hydroxylation is 2. The molecule has 1 N–H and O–H groups in total. The van der Waals surface area contributed by atoms with Gasteiger partial charge in [0.1, 0.15) is 24.3 Å². The molecular weight excluding hydrogens is 426 g/mol. The lowest BCUT2D eigenvalue weighted by Crippen LogP contribution is -2.26. The van der Waals surface area contributed by atoms with Gasteiger partial charge >= 0.3 is 0 Å². The zero-order chi connectivity index (χ0) is 23.7. The van der Waals surface area contributed by atoms with Crippen molar-refractivity contribution in [3.63, 3.8) is 0 Å². The molecule has 6 nitrogen and oxygen atoms in total. The summed E-state index contributed by atoms with van der Waals surface area (Å²) in [6.07, 6.45) is -0.323. The Hall–Kier alpha value is -3.64. The number of benzene rings is 3. The quantitative estimate of drug-likeness (QED) is 0.442. The molecule has 1 aromatic heterocycles. The monoisotopic (exact) mass is 455 g/mol. The van der Waals surface area contributed by atoms with Crippen LogP contribution in [0.1, 0.15) is 29.3 Å². The first kappa shape index (κ1) is 22.2. The number of imidazole rings is 1. The fourth-order valence-electron chi connectivity index (χ4n) is 4.54. The SMILES string of the molecule is Cc1ccc(OC[C@@H](O)Cn2c([C@@H]3CC(=O)N(c4ccc(C)cc4)C3)nc3ccccc32)cc1. The number of carbonyl (C=O) groups is 1. The van der Waals surface area contributed by atoms with Crippen molar-refractivity contribution in [2.45, 2.75) is 38.8 Å². The number of fused-ring (bicyclic) bond motifs is 1. The third-order valence-electron chi connectivity index (χ3n) is 6.38. The zero-order valence-electron chi connectivity index (χ0n) is 19.5. The van der Waals surface area contributed by atoms with E-state index in [-0.39, 0.29) is 18.4 Å². The van der Waals surface area contributed by atoms with Gasteiger partial charge < -0.3 is 19.3 Å². The molecule has 2 heterocycles. The molecule has 0 bridgehead atoms. The van der Waals surface area contributed by atoms with E-state index in [9.17, 15) is 9.90 Å². The average molecular weight is 456 g/mol. The van der Waals surface area contributed by atoms with E-state index in [4.69, 9.17) is 9.72 Å². The van der Waals surface area contributed by atoms with Crippen LogP contribution in [-0.2, 0) is 11.3 Å². The number of amides is 1. The van der Waals surface area contributed by atoms with Gasteiger partial charge in [-0.05, 0) is 50.2 Å². The van der Waals surface area contributed by atoms with Gasteiger partial charge in [0.15, 0.2) is 0 Å². The van der Waals surface area contributed by atoms with Crippen molar-refractivity contribution in [1.29, 1.82) is 0 Å². The molecule has 4 aromatic rings. The summed E-state index contributed by atoms with van der Waals surface area (Å²) in [5.74, 6) is 1.61. The summed E-state index contributed by atoms with van der Waals surface area (Å²) < 4.78 is 7.86. The minimum atomic E-state index is -0.719. The maximum absolute atomic E-state index is 12.9. The molecule has 6 heteroatoms. The van der Waals surface area contributed by atoms with Gasteiger partial charge in [-0.15, -0.1) is 0 Å². The van der Waals surface area contributed by atoms with Crippen LogP contribution in [0.25, 0.3) is 11.0 Å². The number of hydrogen-bond donors (Lipinski definition) is 1. The van der Waals surface area contributed by atoms with Gasteiger partial charge in [0.25, 0.3) is 0 Å². The van der Waals surface area contributed by atoms with Crippen LogP contribution in [0.3, 0.4) is 0 Å². The van der Waals surface area contributed by atoms with Gasteiger partial charge in [-0.3, -0.25) is 4.79 Å². The fraction of sp³-hybridized carbons (Fsp3) is 0.286. The second-order valence-electron chi connectivity index (χ2n) is 9.09. The van der Waals surface area contributed by atoms with Gasteiger partial charge in [0.05, 0.1) is 17.6 Å². The summed E-state index contributed by atoms with van der Waals surface area (Å²) in [7, 11) is 0. The Morgan fingerprint density at radius 1 is 1.00 bits per heavy atom. The first-order valence-electron chi connectivity index (χ1n) is 11.7. The summed E-state index contributed by atoms with van der Waals surface area (Å²) in [4.78, 5) is 19.6. The minimum absolute atomic E-state index is 0.0496. The lowest BCUT2D eigenvalue weighted by Gasteiger charge is -2.19. The summed E-state index contributed by atoms with van der Waals surface area (Å²) in [6, 6.07) is 23.7. The Kier molecular flexibility index (Phi) is 6.07. The molecular formula is C28H29N3O3. The van der Waals surface area contributed by atoms with Gasteiger partial charge in [0, 0.05) is 24.6 Å². The molecule has 0 aliphatic carbocycles. The maximum Gasteiger partial charge on any atom is 0.227 e. The van der Waals surface area contributed by atoms with Crippen LogP contribution in [0.15, 0.2) is 72.8 Å². The number of rotatable bonds is 7. The van der Waals surface area contributed by atoms with Crippen LogP contribution < -0.4 is 9.64 Å². The number of anilines is 1. The molecule has 0 saturated carbocycles. The second-order valence-corrected chi connectivity index (χ2v) is 9.09. The highest BCUT2D eigenvalue weighted by Gasteiger charge is 2.35. The molecule has 3 aromatic carbocycles. The third kappa shape index (κ3) is 4.54. The van der Waals surface area contributed by atoms with E-state index in [2.05, 4.69) is 4.57 Å². The summed E-state index contributed by atoms with van der Waals surface area (Å²) in [6.45, 7) is 5.15. The van der Waals surface area contributed by atoms with Crippen molar-refractivity contribution in [1.82, 2.24) is 9.55 Å². The molecule has 1 fully saturated rings. The van der Waals surface area contributed by atoms with E-state index >= 15 is 0 Å². The molecule has 0 radical (unpaired) electrons. The molecule has 1 aliphatic heterocycles. The highest BCUT2D eigenvalue weighted by atomic mass is 16.5. The number of ether oxygens (including phenoxy) is 1. The van der Waals surface area contributed by atoms with Gasteiger partial charge in [-0.1, -0.05) is 47.5 Å². The average Bonchev–Trinajstić information content (AvgIpc) is 3.40. The first-order chi connectivity index (χ1) is 16.5. The molecule has 0 unspecified atom stereocenters. The Bertz CT molecular complexity index is 1290. The Morgan fingerprint density at radius 3 is 2.41 bits per heavy atom. The Balaban J connectivity index is 1.37. The predicted octanol–water partition coefficient (Wildman–Crippen LogP) is 4.61. The summed E-state index contributed by atoms with van der Waals surface area (Å²) >= 11 is 0. The third-order valence-corrected chi connectivity index (χ3v) is 6.38. The molecule has 0 spiro atoms. The lowest BCUT2D eigenvalue weighted by molar-refractivity contribution is -0.117. The van der Waals surface area contributed by atoms with E-state index in [0.717, 1.165) is 39.4 Å². The van der Waals surface area contributed by atoms with Crippen molar-refractivity contribution in [3.05, 3.63) is 89.7 Å².